The molecule has 1 unspecified atom stereocenters. The topological polar surface area (TPSA) is 72.3 Å². The number of nitrogens with zero attached hydrogens (tertiary/aromatic N) is 4. The van der Waals surface area contributed by atoms with Crippen molar-refractivity contribution in [1.29, 1.82) is 5.26 Å². The van der Waals surface area contributed by atoms with E-state index in [1.54, 1.807) is 4.68 Å². The molecule has 0 saturated heterocycles. The summed E-state index contributed by atoms with van der Waals surface area (Å²) in [5.41, 5.74) is 4.73. The number of fused-ring (bicyclic) bond motifs is 1. The summed E-state index contributed by atoms with van der Waals surface area (Å²) in [6, 6.07) is 7.84. The van der Waals surface area contributed by atoms with Gasteiger partial charge in [0.25, 0.3) is 0 Å². The number of ether oxygens (including phenoxy) is 1. The number of rotatable bonds is 4. The van der Waals surface area contributed by atoms with E-state index in [-0.39, 0.29) is 12.6 Å². The number of carbonyl (C=O) groups excluding carboxylic acids is 1. The van der Waals surface area contributed by atoms with Crippen LogP contribution in [0, 0.1) is 25.2 Å². The molecule has 6 heteroatoms. The summed E-state index contributed by atoms with van der Waals surface area (Å²) in [6.45, 7) is 5.72. The number of hydrogen-bond acceptors (Lipinski definition) is 4. The summed E-state index contributed by atoms with van der Waals surface area (Å²) in [4.78, 5) is 12.5. The lowest BCUT2D eigenvalue weighted by Gasteiger charge is -2.12. The fourth-order valence-electron chi connectivity index (χ4n) is 3.22. The summed E-state index contributed by atoms with van der Waals surface area (Å²) in [5.74, 6) is -0.727. The Morgan fingerprint density at radius 2 is 2.16 bits per heavy atom. The molecule has 0 saturated carbocycles. The fraction of sp³-hybridized carbons (Fsp3) is 0.316. The van der Waals surface area contributed by atoms with Crippen molar-refractivity contribution in [1.82, 2.24) is 14.2 Å². The Morgan fingerprint density at radius 1 is 1.40 bits per heavy atom. The fourth-order valence-corrected chi connectivity index (χ4v) is 3.22. The largest absolute Gasteiger partial charge is 0.460 e. The van der Waals surface area contributed by atoms with Gasteiger partial charge in [0.1, 0.15) is 12.7 Å². The highest BCUT2D eigenvalue weighted by molar-refractivity contribution is 5.78. The molecule has 0 aliphatic rings. The van der Waals surface area contributed by atoms with Crippen molar-refractivity contribution in [2.45, 2.75) is 33.3 Å². The maximum Gasteiger partial charge on any atom is 0.313 e. The van der Waals surface area contributed by atoms with Crippen LogP contribution in [0.15, 0.2) is 30.6 Å². The normalized spacial score (nSPS) is 12.1. The predicted molar refractivity (Wildman–Crippen MR) is 93.0 cm³/mol. The van der Waals surface area contributed by atoms with Gasteiger partial charge in [0.05, 0.1) is 22.7 Å². The Bertz CT molecular complexity index is 991. The molecule has 0 aliphatic heterocycles. The number of hydrogen-bond donors (Lipinski definition) is 0. The van der Waals surface area contributed by atoms with Crippen LogP contribution in [-0.2, 0) is 23.2 Å². The maximum absolute atomic E-state index is 12.5. The van der Waals surface area contributed by atoms with E-state index in [0.29, 0.717) is 11.1 Å². The van der Waals surface area contributed by atoms with Crippen molar-refractivity contribution in [3.8, 4) is 6.07 Å². The molecule has 25 heavy (non-hydrogen) atoms. The first-order valence-electron chi connectivity index (χ1n) is 8.09. The zero-order valence-electron chi connectivity index (χ0n) is 14.8. The molecule has 3 aromatic heterocycles. The van der Waals surface area contributed by atoms with Crippen molar-refractivity contribution in [2.24, 2.45) is 7.05 Å². The van der Waals surface area contributed by atoms with Crippen molar-refractivity contribution in [3.05, 3.63) is 58.7 Å². The highest BCUT2D eigenvalue weighted by atomic mass is 16.5. The van der Waals surface area contributed by atoms with E-state index in [1.807, 2.05) is 62.8 Å². The summed E-state index contributed by atoms with van der Waals surface area (Å²) in [5, 5.41) is 13.8. The SMILES string of the molecule is Cc1nn(C)c(C)c1C(C)C(=O)OCc1cn2ccccc2c1C#N. The third-order valence-corrected chi connectivity index (χ3v) is 4.60. The molecular formula is C19H20N4O2. The minimum absolute atomic E-state index is 0.0755. The Morgan fingerprint density at radius 3 is 2.80 bits per heavy atom. The molecule has 0 fully saturated rings. The molecule has 0 bridgehead atoms. The van der Waals surface area contributed by atoms with Crippen molar-refractivity contribution in [2.75, 3.05) is 0 Å². The molecule has 0 N–H and O–H groups in total. The van der Waals surface area contributed by atoms with Crippen LogP contribution in [0.5, 0.6) is 0 Å². The third-order valence-electron chi connectivity index (χ3n) is 4.60. The van der Waals surface area contributed by atoms with Crippen LogP contribution in [0.2, 0.25) is 0 Å². The number of aromatic nitrogens is 3. The first kappa shape index (κ1) is 16.8. The minimum Gasteiger partial charge on any atom is -0.460 e. The average Bonchev–Trinajstić information content (AvgIpc) is 3.08. The first-order chi connectivity index (χ1) is 11.9. The van der Waals surface area contributed by atoms with E-state index >= 15 is 0 Å². The van der Waals surface area contributed by atoms with Crippen molar-refractivity contribution in [3.63, 3.8) is 0 Å². The molecule has 0 spiro atoms. The van der Waals surface area contributed by atoms with Gasteiger partial charge in [0.2, 0.25) is 0 Å². The van der Waals surface area contributed by atoms with Gasteiger partial charge in [0.15, 0.2) is 0 Å². The van der Waals surface area contributed by atoms with Crippen LogP contribution in [0.25, 0.3) is 5.52 Å². The second-order valence-electron chi connectivity index (χ2n) is 6.17. The average molecular weight is 336 g/mol. The first-order valence-corrected chi connectivity index (χ1v) is 8.09. The summed E-state index contributed by atoms with van der Waals surface area (Å²) in [6.07, 6.45) is 3.69. The summed E-state index contributed by atoms with van der Waals surface area (Å²) in [7, 11) is 1.86. The van der Waals surface area contributed by atoms with E-state index in [4.69, 9.17) is 4.74 Å². The van der Waals surface area contributed by atoms with Gasteiger partial charge >= 0.3 is 5.97 Å². The van der Waals surface area contributed by atoms with E-state index < -0.39 is 5.92 Å². The smallest absolute Gasteiger partial charge is 0.313 e. The minimum atomic E-state index is -0.406. The molecule has 3 rings (SSSR count). The molecule has 3 aromatic rings. The molecule has 1 atom stereocenters. The van der Waals surface area contributed by atoms with E-state index in [9.17, 15) is 10.1 Å². The lowest BCUT2D eigenvalue weighted by atomic mass is 9.99. The maximum atomic E-state index is 12.5. The number of esters is 1. The van der Waals surface area contributed by atoms with E-state index in [1.165, 1.54) is 0 Å². The van der Waals surface area contributed by atoms with Crippen LogP contribution < -0.4 is 0 Å². The van der Waals surface area contributed by atoms with Gasteiger partial charge in [-0.25, -0.2) is 0 Å². The molecule has 0 aromatic carbocycles. The molecule has 6 nitrogen and oxygen atoms in total. The number of pyridine rings is 1. The third kappa shape index (κ3) is 2.89. The molecule has 3 heterocycles. The van der Waals surface area contributed by atoms with E-state index in [2.05, 4.69) is 11.2 Å². The van der Waals surface area contributed by atoms with Gasteiger partial charge < -0.3 is 9.14 Å². The summed E-state index contributed by atoms with van der Waals surface area (Å²) >= 11 is 0. The van der Waals surface area contributed by atoms with Gasteiger partial charge in [0, 0.05) is 36.3 Å². The van der Waals surface area contributed by atoms with Gasteiger partial charge in [-0.15, -0.1) is 0 Å². The number of nitriles is 1. The van der Waals surface area contributed by atoms with Crippen molar-refractivity contribution >= 4 is 11.5 Å². The number of carbonyl (C=O) groups is 1. The molecule has 0 amide bonds. The van der Waals surface area contributed by atoms with Gasteiger partial charge in [-0.1, -0.05) is 6.07 Å². The lowest BCUT2D eigenvalue weighted by Crippen LogP contribution is -2.14. The van der Waals surface area contributed by atoms with Gasteiger partial charge in [-0.2, -0.15) is 10.4 Å². The van der Waals surface area contributed by atoms with Gasteiger partial charge in [-0.3, -0.25) is 9.48 Å². The zero-order valence-corrected chi connectivity index (χ0v) is 14.8. The second-order valence-corrected chi connectivity index (χ2v) is 6.17. The second kappa shape index (κ2) is 6.44. The molecular weight excluding hydrogens is 316 g/mol. The molecule has 0 aliphatic carbocycles. The Labute approximate surface area is 146 Å². The highest BCUT2D eigenvalue weighted by Gasteiger charge is 2.24. The standard InChI is InChI=1S/C19H20N4O2/c1-12(18-13(2)21-22(4)14(18)3)19(24)25-11-15-10-23-8-6-5-7-17(23)16(15)9-20/h5-8,10,12H,11H2,1-4H3. The number of aryl methyl sites for hydroxylation is 2. The Hall–Kier alpha value is -3.07. The van der Waals surface area contributed by atoms with Crippen LogP contribution in [0.4, 0.5) is 0 Å². The van der Waals surface area contributed by atoms with Crippen molar-refractivity contribution < 1.29 is 9.53 Å². The molecule has 0 radical (unpaired) electrons. The Balaban J connectivity index is 1.80. The monoisotopic (exact) mass is 336 g/mol. The van der Waals surface area contributed by atoms with Crippen LogP contribution in [-0.4, -0.2) is 20.2 Å². The highest BCUT2D eigenvalue weighted by Crippen LogP contribution is 2.25. The molecule has 128 valence electrons. The van der Waals surface area contributed by atoms with E-state index in [0.717, 1.165) is 22.5 Å². The van der Waals surface area contributed by atoms with Crippen LogP contribution in [0.1, 0.15) is 40.9 Å². The Kier molecular flexibility index (Phi) is 4.32. The van der Waals surface area contributed by atoms with Gasteiger partial charge in [-0.05, 0) is 32.9 Å². The quantitative estimate of drug-likeness (QED) is 0.687. The summed E-state index contributed by atoms with van der Waals surface area (Å²) < 4.78 is 9.12. The van der Waals surface area contributed by atoms with Crippen LogP contribution in [0.3, 0.4) is 0 Å². The zero-order chi connectivity index (χ0) is 18.1. The predicted octanol–water partition coefficient (Wildman–Crippen LogP) is 3.01. The van der Waals surface area contributed by atoms with Crippen LogP contribution >= 0.6 is 0 Å². The lowest BCUT2D eigenvalue weighted by molar-refractivity contribution is -0.146.